The molecule has 0 radical (unpaired) electrons. The highest BCUT2D eigenvalue weighted by Crippen LogP contribution is 2.32. The molecule has 1 aliphatic rings. The molecule has 0 bridgehead atoms. The third kappa shape index (κ3) is 3.20. The molecule has 1 aliphatic heterocycles. The van der Waals surface area contributed by atoms with Crippen LogP contribution in [0.25, 0.3) is 0 Å². The molecule has 1 saturated heterocycles. The van der Waals surface area contributed by atoms with E-state index in [0.717, 1.165) is 32.5 Å². The van der Waals surface area contributed by atoms with Crippen molar-refractivity contribution in [2.24, 2.45) is 11.8 Å². The second kappa shape index (κ2) is 6.48. The molecule has 1 aromatic carbocycles. The van der Waals surface area contributed by atoms with Crippen molar-refractivity contribution < 1.29 is 9.13 Å². The van der Waals surface area contributed by atoms with E-state index in [0.29, 0.717) is 16.5 Å². The van der Waals surface area contributed by atoms with Crippen molar-refractivity contribution >= 4 is 11.6 Å². The van der Waals surface area contributed by atoms with Gasteiger partial charge in [0, 0.05) is 23.8 Å². The van der Waals surface area contributed by atoms with E-state index in [1.54, 1.807) is 12.1 Å². The van der Waals surface area contributed by atoms with Crippen molar-refractivity contribution in [2.45, 2.75) is 25.3 Å². The zero-order valence-electron chi connectivity index (χ0n) is 10.2. The van der Waals surface area contributed by atoms with Crippen LogP contribution in [-0.2, 0) is 4.74 Å². The van der Waals surface area contributed by atoms with E-state index in [1.807, 2.05) is 0 Å². The van der Waals surface area contributed by atoms with Gasteiger partial charge in [0.05, 0.1) is 6.04 Å². The van der Waals surface area contributed by atoms with Gasteiger partial charge in [-0.1, -0.05) is 17.7 Å². The summed E-state index contributed by atoms with van der Waals surface area (Å²) in [6, 6.07) is 4.45. The number of hydrogen-bond donors (Lipinski definition) is 2. The lowest BCUT2D eigenvalue weighted by Crippen LogP contribution is -2.32. The lowest BCUT2D eigenvalue weighted by atomic mass is 9.89. The number of benzene rings is 1. The van der Waals surface area contributed by atoms with Crippen LogP contribution in [0.3, 0.4) is 0 Å². The van der Waals surface area contributed by atoms with E-state index in [2.05, 4.69) is 5.43 Å². The summed E-state index contributed by atoms with van der Waals surface area (Å²) in [5.74, 6) is 5.74. The van der Waals surface area contributed by atoms with Crippen molar-refractivity contribution in [1.82, 2.24) is 5.43 Å². The smallest absolute Gasteiger partial charge is 0.129 e. The van der Waals surface area contributed by atoms with Crippen molar-refractivity contribution in [2.75, 3.05) is 13.2 Å². The molecule has 0 spiro atoms. The molecule has 1 aromatic rings. The van der Waals surface area contributed by atoms with Gasteiger partial charge in [-0.05, 0) is 37.3 Å². The monoisotopic (exact) mass is 272 g/mol. The van der Waals surface area contributed by atoms with Gasteiger partial charge in [-0.25, -0.2) is 4.39 Å². The van der Waals surface area contributed by atoms with Gasteiger partial charge in [-0.2, -0.15) is 0 Å². The van der Waals surface area contributed by atoms with Crippen LogP contribution in [0.15, 0.2) is 18.2 Å². The number of rotatable bonds is 4. The summed E-state index contributed by atoms with van der Waals surface area (Å²) < 4.78 is 19.2. The van der Waals surface area contributed by atoms with Crippen molar-refractivity contribution in [3.8, 4) is 0 Å². The van der Waals surface area contributed by atoms with Crippen LogP contribution >= 0.6 is 11.6 Å². The molecule has 18 heavy (non-hydrogen) atoms. The Morgan fingerprint density at radius 1 is 1.44 bits per heavy atom. The average Bonchev–Trinajstić information content (AvgIpc) is 2.38. The fourth-order valence-electron chi connectivity index (χ4n) is 2.43. The van der Waals surface area contributed by atoms with Crippen LogP contribution in [0, 0.1) is 11.7 Å². The Kier molecular flexibility index (Phi) is 4.95. The van der Waals surface area contributed by atoms with Gasteiger partial charge in [0.1, 0.15) is 5.82 Å². The third-order valence-corrected chi connectivity index (χ3v) is 3.79. The maximum atomic E-state index is 13.8. The van der Waals surface area contributed by atoms with E-state index in [4.69, 9.17) is 22.2 Å². The number of hydrazine groups is 1. The molecule has 1 fully saturated rings. The maximum absolute atomic E-state index is 13.8. The molecule has 0 aromatic heterocycles. The number of hydrogen-bond acceptors (Lipinski definition) is 3. The number of halogens is 2. The van der Waals surface area contributed by atoms with Crippen LogP contribution in [0.1, 0.15) is 30.9 Å². The summed E-state index contributed by atoms with van der Waals surface area (Å²) in [4.78, 5) is 0. The molecule has 100 valence electrons. The van der Waals surface area contributed by atoms with Crippen molar-refractivity contribution in [3.63, 3.8) is 0 Å². The molecular formula is C13H18ClFN2O. The minimum atomic E-state index is -0.308. The Morgan fingerprint density at radius 2 is 2.17 bits per heavy atom. The van der Waals surface area contributed by atoms with Gasteiger partial charge in [0.2, 0.25) is 0 Å². The summed E-state index contributed by atoms with van der Waals surface area (Å²) in [5.41, 5.74) is 3.15. The zero-order chi connectivity index (χ0) is 13.0. The normalized spacial score (nSPS) is 18.8. The molecule has 5 heteroatoms. The molecule has 0 saturated carbocycles. The van der Waals surface area contributed by atoms with Gasteiger partial charge >= 0.3 is 0 Å². The lowest BCUT2D eigenvalue weighted by Gasteiger charge is -2.27. The lowest BCUT2D eigenvalue weighted by molar-refractivity contribution is 0.0604. The van der Waals surface area contributed by atoms with Crippen LogP contribution in [0.2, 0.25) is 5.02 Å². The summed E-state index contributed by atoms with van der Waals surface area (Å²) in [6.07, 6.45) is 2.76. The van der Waals surface area contributed by atoms with Gasteiger partial charge in [-0.3, -0.25) is 11.3 Å². The van der Waals surface area contributed by atoms with Crippen LogP contribution < -0.4 is 11.3 Å². The van der Waals surface area contributed by atoms with Gasteiger partial charge in [0.15, 0.2) is 0 Å². The predicted octanol–water partition coefficient (Wildman–Crippen LogP) is 2.80. The van der Waals surface area contributed by atoms with E-state index >= 15 is 0 Å². The highest BCUT2D eigenvalue weighted by atomic mass is 35.5. The Hall–Kier alpha value is -0.680. The van der Waals surface area contributed by atoms with Crippen LogP contribution in [-0.4, -0.2) is 13.2 Å². The van der Waals surface area contributed by atoms with Crippen LogP contribution in [0.5, 0.6) is 0 Å². The summed E-state index contributed by atoms with van der Waals surface area (Å²) in [6.45, 7) is 1.54. The van der Waals surface area contributed by atoms with Crippen molar-refractivity contribution in [3.05, 3.63) is 34.6 Å². The first kappa shape index (κ1) is 13.7. The molecule has 1 atom stereocenters. The third-order valence-electron chi connectivity index (χ3n) is 3.46. The molecule has 1 unspecified atom stereocenters. The van der Waals surface area contributed by atoms with E-state index < -0.39 is 0 Å². The van der Waals surface area contributed by atoms with Gasteiger partial charge in [0.25, 0.3) is 0 Å². The second-order valence-corrected chi connectivity index (χ2v) is 5.05. The van der Waals surface area contributed by atoms with Crippen LogP contribution in [0.4, 0.5) is 4.39 Å². The molecule has 1 heterocycles. The summed E-state index contributed by atoms with van der Waals surface area (Å²) in [7, 11) is 0. The van der Waals surface area contributed by atoms with Gasteiger partial charge < -0.3 is 4.74 Å². The quantitative estimate of drug-likeness (QED) is 0.654. The highest BCUT2D eigenvalue weighted by molar-refractivity contribution is 6.31. The number of ether oxygens (including phenoxy) is 1. The molecule has 3 N–H and O–H groups in total. The minimum absolute atomic E-state index is 0.248. The van der Waals surface area contributed by atoms with E-state index in [1.165, 1.54) is 6.07 Å². The maximum Gasteiger partial charge on any atom is 0.129 e. The molecular weight excluding hydrogens is 255 g/mol. The van der Waals surface area contributed by atoms with E-state index in [-0.39, 0.29) is 11.9 Å². The Balaban J connectivity index is 2.12. The summed E-state index contributed by atoms with van der Waals surface area (Å²) >= 11 is 6.06. The Labute approximate surface area is 111 Å². The standard InChI is InChI=1S/C13H18ClFN2O/c14-10-2-1-3-11(15)13(10)12(17-16)8-9-4-6-18-7-5-9/h1-3,9,12,17H,4-8,16H2. The van der Waals surface area contributed by atoms with Gasteiger partial charge in [-0.15, -0.1) is 0 Å². The first-order chi connectivity index (χ1) is 8.72. The molecule has 0 amide bonds. The highest BCUT2D eigenvalue weighted by Gasteiger charge is 2.23. The topological polar surface area (TPSA) is 47.3 Å². The first-order valence-electron chi connectivity index (χ1n) is 6.20. The molecule has 2 rings (SSSR count). The largest absolute Gasteiger partial charge is 0.381 e. The fraction of sp³-hybridized carbons (Fsp3) is 0.538. The zero-order valence-corrected chi connectivity index (χ0v) is 10.9. The summed E-state index contributed by atoms with van der Waals surface area (Å²) in [5, 5.41) is 0.421. The minimum Gasteiger partial charge on any atom is -0.381 e. The molecule has 3 nitrogen and oxygen atoms in total. The second-order valence-electron chi connectivity index (χ2n) is 4.65. The van der Waals surface area contributed by atoms with Crippen molar-refractivity contribution in [1.29, 1.82) is 0 Å². The SMILES string of the molecule is NNC(CC1CCOCC1)c1c(F)cccc1Cl. The molecule has 0 aliphatic carbocycles. The van der Waals surface area contributed by atoms with E-state index in [9.17, 15) is 4.39 Å². The fourth-order valence-corrected chi connectivity index (χ4v) is 2.72. The Morgan fingerprint density at radius 3 is 2.78 bits per heavy atom. The average molecular weight is 273 g/mol. The number of nitrogens with one attached hydrogen (secondary N) is 1. The first-order valence-corrected chi connectivity index (χ1v) is 6.58. The number of nitrogens with two attached hydrogens (primary N) is 1. The Bertz CT molecular complexity index is 376. The predicted molar refractivity (Wildman–Crippen MR) is 69.6 cm³/mol.